The molecular weight excluding hydrogens is 256 g/mol. The largest absolute Gasteiger partial charge is 0.360 e. The highest BCUT2D eigenvalue weighted by Crippen LogP contribution is 2.15. The van der Waals surface area contributed by atoms with E-state index < -0.39 is 11.6 Å². The summed E-state index contributed by atoms with van der Waals surface area (Å²) >= 11 is 3.00. The number of aromatic amines is 1. The standard InChI is InChI=1S/C9H4BrF2NO/c10-5-3-13-8-2-7(12)6(11)1-4(8)9(5)14/h1-3H,(H,13,14). The predicted molar refractivity (Wildman–Crippen MR) is 52.2 cm³/mol. The molecule has 2 aromatic rings. The average Bonchev–Trinajstić information content (AvgIpc) is 2.15. The summed E-state index contributed by atoms with van der Waals surface area (Å²) in [5.41, 5.74) is -0.0882. The monoisotopic (exact) mass is 259 g/mol. The molecule has 14 heavy (non-hydrogen) atoms. The smallest absolute Gasteiger partial charge is 0.203 e. The van der Waals surface area contributed by atoms with Crippen LogP contribution in [0, 0.1) is 11.6 Å². The van der Waals surface area contributed by atoms with Crippen molar-refractivity contribution in [3.8, 4) is 0 Å². The van der Waals surface area contributed by atoms with Crippen molar-refractivity contribution in [3.05, 3.63) is 44.7 Å². The molecule has 1 N–H and O–H groups in total. The van der Waals surface area contributed by atoms with E-state index in [1.165, 1.54) is 6.20 Å². The molecule has 5 heteroatoms. The van der Waals surface area contributed by atoms with Gasteiger partial charge in [-0.2, -0.15) is 0 Å². The molecule has 1 heterocycles. The molecule has 0 saturated heterocycles. The number of hydrogen-bond acceptors (Lipinski definition) is 1. The van der Waals surface area contributed by atoms with E-state index in [0.717, 1.165) is 12.1 Å². The normalized spacial score (nSPS) is 10.8. The highest BCUT2D eigenvalue weighted by Gasteiger charge is 2.08. The van der Waals surface area contributed by atoms with Crippen LogP contribution in [0.25, 0.3) is 10.9 Å². The molecule has 0 atom stereocenters. The highest BCUT2D eigenvalue weighted by molar-refractivity contribution is 9.10. The first-order chi connectivity index (χ1) is 6.59. The van der Waals surface area contributed by atoms with Gasteiger partial charge in [0.1, 0.15) is 0 Å². The Kier molecular flexibility index (Phi) is 2.11. The van der Waals surface area contributed by atoms with Gasteiger partial charge >= 0.3 is 0 Å². The van der Waals surface area contributed by atoms with E-state index in [1.54, 1.807) is 0 Å². The van der Waals surface area contributed by atoms with Crippen LogP contribution in [-0.4, -0.2) is 4.98 Å². The van der Waals surface area contributed by atoms with Crippen LogP contribution in [0.1, 0.15) is 0 Å². The molecule has 72 valence electrons. The van der Waals surface area contributed by atoms with E-state index in [9.17, 15) is 13.6 Å². The Balaban J connectivity index is 2.97. The summed E-state index contributed by atoms with van der Waals surface area (Å²) in [6.07, 6.45) is 1.39. The van der Waals surface area contributed by atoms with Crippen LogP contribution in [-0.2, 0) is 0 Å². The first-order valence-corrected chi connectivity index (χ1v) is 4.55. The molecule has 0 bridgehead atoms. The van der Waals surface area contributed by atoms with Gasteiger partial charge in [0, 0.05) is 17.6 Å². The molecule has 0 aliphatic carbocycles. The fraction of sp³-hybridized carbons (Fsp3) is 0. The van der Waals surface area contributed by atoms with E-state index in [2.05, 4.69) is 20.9 Å². The third-order valence-corrected chi connectivity index (χ3v) is 2.47. The number of nitrogens with one attached hydrogen (secondary N) is 1. The zero-order valence-corrected chi connectivity index (χ0v) is 8.36. The lowest BCUT2D eigenvalue weighted by Gasteiger charge is -1.99. The Morgan fingerprint density at radius 1 is 1.21 bits per heavy atom. The Morgan fingerprint density at radius 3 is 2.57 bits per heavy atom. The van der Waals surface area contributed by atoms with Crippen LogP contribution in [0.15, 0.2) is 27.6 Å². The predicted octanol–water partition coefficient (Wildman–Crippen LogP) is 2.57. The molecule has 1 aromatic carbocycles. The maximum absolute atomic E-state index is 12.8. The lowest BCUT2D eigenvalue weighted by atomic mass is 10.2. The summed E-state index contributed by atoms with van der Waals surface area (Å²) in [5.74, 6) is -2.00. The number of aromatic nitrogens is 1. The zero-order valence-electron chi connectivity index (χ0n) is 6.77. The van der Waals surface area contributed by atoms with Crippen LogP contribution in [0.2, 0.25) is 0 Å². The number of hydrogen-bond donors (Lipinski definition) is 1. The number of rotatable bonds is 0. The second-order valence-electron chi connectivity index (χ2n) is 2.78. The van der Waals surface area contributed by atoms with Crippen LogP contribution in [0.4, 0.5) is 8.78 Å². The van der Waals surface area contributed by atoms with Crippen molar-refractivity contribution in [3.63, 3.8) is 0 Å². The van der Waals surface area contributed by atoms with Crippen molar-refractivity contribution in [1.82, 2.24) is 4.98 Å². The zero-order chi connectivity index (χ0) is 10.3. The van der Waals surface area contributed by atoms with Crippen molar-refractivity contribution in [2.75, 3.05) is 0 Å². The van der Waals surface area contributed by atoms with Crippen molar-refractivity contribution in [2.45, 2.75) is 0 Å². The van der Waals surface area contributed by atoms with E-state index in [-0.39, 0.29) is 20.8 Å². The number of fused-ring (bicyclic) bond motifs is 1. The maximum atomic E-state index is 12.8. The molecule has 0 aliphatic rings. The Hall–Kier alpha value is -1.23. The number of halogens is 3. The number of benzene rings is 1. The maximum Gasteiger partial charge on any atom is 0.203 e. The molecule has 0 fully saturated rings. The molecular formula is C9H4BrF2NO. The summed E-state index contributed by atoms with van der Waals surface area (Å²) in [6.45, 7) is 0. The molecule has 0 spiro atoms. The summed E-state index contributed by atoms with van der Waals surface area (Å²) < 4.78 is 25.9. The van der Waals surface area contributed by atoms with Gasteiger partial charge in [-0.1, -0.05) is 0 Å². The van der Waals surface area contributed by atoms with Gasteiger partial charge in [-0.25, -0.2) is 8.78 Å². The van der Waals surface area contributed by atoms with Crippen molar-refractivity contribution < 1.29 is 8.78 Å². The minimum absolute atomic E-state index is 0.123. The second kappa shape index (κ2) is 3.16. The number of H-pyrrole nitrogens is 1. The molecule has 0 aliphatic heterocycles. The van der Waals surface area contributed by atoms with E-state index in [0.29, 0.717) is 0 Å². The summed E-state index contributed by atoms with van der Waals surface area (Å²) in [4.78, 5) is 14.1. The summed E-state index contributed by atoms with van der Waals surface area (Å²) in [6, 6.07) is 1.84. The minimum Gasteiger partial charge on any atom is -0.360 e. The molecule has 0 unspecified atom stereocenters. The number of pyridine rings is 1. The average molecular weight is 260 g/mol. The Bertz CT molecular complexity index is 564. The fourth-order valence-electron chi connectivity index (χ4n) is 1.19. The van der Waals surface area contributed by atoms with Crippen LogP contribution in [0.5, 0.6) is 0 Å². The van der Waals surface area contributed by atoms with Gasteiger partial charge in [-0.3, -0.25) is 4.79 Å². The second-order valence-corrected chi connectivity index (χ2v) is 3.63. The van der Waals surface area contributed by atoms with Gasteiger partial charge in [0.05, 0.1) is 9.99 Å². The van der Waals surface area contributed by atoms with Gasteiger partial charge in [0.15, 0.2) is 11.6 Å². The van der Waals surface area contributed by atoms with E-state index in [1.807, 2.05) is 0 Å². The lowest BCUT2D eigenvalue weighted by molar-refractivity contribution is 0.510. The molecule has 0 saturated carbocycles. The van der Waals surface area contributed by atoms with E-state index in [4.69, 9.17) is 0 Å². The van der Waals surface area contributed by atoms with Gasteiger partial charge in [-0.05, 0) is 22.0 Å². The molecule has 1 aromatic heterocycles. The third kappa shape index (κ3) is 1.33. The van der Waals surface area contributed by atoms with Crippen LogP contribution < -0.4 is 5.43 Å². The summed E-state index contributed by atoms with van der Waals surface area (Å²) in [5, 5.41) is 0.123. The third-order valence-electron chi connectivity index (χ3n) is 1.88. The Morgan fingerprint density at radius 2 is 1.86 bits per heavy atom. The lowest BCUT2D eigenvalue weighted by Crippen LogP contribution is -2.04. The quantitative estimate of drug-likeness (QED) is 0.775. The fourth-order valence-corrected chi connectivity index (χ4v) is 1.52. The van der Waals surface area contributed by atoms with Gasteiger partial charge < -0.3 is 4.98 Å². The van der Waals surface area contributed by atoms with Crippen LogP contribution >= 0.6 is 15.9 Å². The molecule has 0 amide bonds. The van der Waals surface area contributed by atoms with Crippen molar-refractivity contribution in [1.29, 1.82) is 0 Å². The Labute approximate surface area is 85.7 Å². The molecule has 2 nitrogen and oxygen atoms in total. The molecule has 0 radical (unpaired) electrons. The van der Waals surface area contributed by atoms with E-state index >= 15 is 0 Å². The van der Waals surface area contributed by atoms with Crippen molar-refractivity contribution >= 4 is 26.8 Å². The first kappa shape index (κ1) is 9.33. The SMILES string of the molecule is O=c1c(Br)c[nH]c2cc(F)c(F)cc12. The topological polar surface area (TPSA) is 32.9 Å². The highest BCUT2D eigenvalue weighted by atomic mass is 79.9. The van der Waals surface area contributed by atoms with Crippen molar-refractivity contribution in [2.24, 2.45) is 0 Å². The minimum atomic E-state index is -1.03. The molecule has 2 rings (SSSR count). The first-order valence-electron chi connectivity index (χ1n) is 3.75. The van der Waals surface area contributed by atoms with Gasteiger partial charge in [0.2, 0.25) is 5.43 Å². The summed E-state index contributed by atoms with van der Waals surface area (Å²) in [7, 11) is 0. The van der Waals surface area contributed by atoms with Crippen LogP contribution in [0.3, 0.4) is 0 Å². The van der Waals surface area contributed by atoms with Gasteiger partial charge in [-0.15, -0.1) is 0 Å². The van der Waals surface area contributed by atoms with Gasteiger partial charge in [0.25, 0.3) is 0 Å².